The molecule has 6 nitrogen and oxygen atoms in total. The highest BCUT2D eigenvalue weighted by atomic mass is 16.1. The monoisotopic (exact) mass is 289 g/mol. The van der Waals surface area contributed by atoms with Crippen molar-refractivity contribution >= 4 is 17.4 Å². The summed E-state index contributed by atoms with van der Waals surface area (Å²) in [6, 6.07) is 4.32. The zero-order valence-electron chi connectivity index (χ0n) is 12.3. The molecule has 0 unspecified atom stereocenters. The average molecular weight is 289 g/mol. The lowest BCUT2D eigenvalue weighted by atomic mass is 10.2. The van der Waals surface area contributed by atoms with Crippen LogP contribution in [0.25, 0.3) is 0 Å². The van der Waals surface area contributed by atoms with E-state index in [0.717, 1.165) is 51.4 Å². The number of pyridine rings is 1. The van der Waals surface area contributed by atoms with Gasteiger partial charge in [0.15, 0.2) is 0 Å². The Balaban J connectivity index is 1.40. The third kappa shape index (κ3) is 4.07. The lowest BCUT2D eigenvalue weighted by molar-refractivity contribution is -0.121. The van der Waals surface area contributed by atoms with Crippen molar-refractivity contribution in [3.8, 4) is 0 Å². The number of nitrogens with zero attached hydrogens (tertiary/aromatic N) is 3. The van der Waals surface area contributed by atoms with E-state index >= 15 is 0 Å². The van der Waals surface area contributed by atoms with Gasteiger partial charge in [-0.05, 0) is 25.0 Å². The number of aromatic nitrogens is 1. The molecule has 3 rings (SSSR count). The second-order valence-corrected chi connectivity index (χ2v) is 5.87. The first-order valence-corrected chi connectivity index (χ1v) is 7.69. The summed E-state index contributed by atoms with van der Waals surface area (Å²) in [7, 11) is 0. The molecule has 114 valence electrons. The first-order valence-electron chi connectivity index (χ1n) is 7.69. The SMILES string of the molecule is Nc1ccc(N2CCN(CCC(=O)NC3CC3)CC2)nc1. The van der Waals surface area contributed by atoms with Gasteiger partial charge in [0.2, 0.25) is 5.91 Å². The van der Waals surface area contributed by atoms with Crippen molar-refractivity contribution in [1.29, 1.82) is 0 Å². The van der Waals surface area contributed by atoms with E-state index < -0.39 is 0 Å². The van der Waals surface area contributed by atoms with E-state index in [1.54, 1.807) is 6.20 Å². The molecule has 6 heteroatoms. The molecule has 0 spiro atoms. The highest BCUT2D eigenvalue weighted by Gasteiger charge is 2.24. The maximum absolute atomic E-state index is 11.7. The smallest absolute Gasteiger partial charge is 0.221 e. The van der Waals surface area contributed by atoms with Gasteiger partial charge in [-0.1, -0.05) is 0 Å². The Morgan fingerprint density at radius 2 is 2.05 bits per heavy atom. The van der Waals surface area contributed by atoms with Crippen molar-refractivity contribution in [1.82, 2.24) is 15.2 Å². The predicted octanol–water partition coefficient (Wildman–Crippen LogP) is 0.454. The van der Waals surface area contributed by atoms with Gasteiger partial charge in [0.1, 0.15) is 5.82 Å². The summed E-state index contributed by atoms with van der Waals surface area (Å²) in [5.41, 5.74) is 6.35. The number of piperazine rings is 1. The lowest BCUT2D eigenvalue weighted by Gasteiger charge is -2.35. The topological polar surface area (TPSA) is 74.5 Å². The van der Waals surface area contributed by atoms with Crippen LogP contribution in [0.1, 0.15) is 19.3 Å². The third-order valence-corrected chi connectivity index (χ3v) is 4.06. The van der Waals surface area contributed by atoms with Crippen LogP contribution in [0.5, 0.6) is 0 Å². The number of hydrogen-bond donors (Lipinski definition) is 2. The van der Waals surface area contributed by atoms with Crippen LogP contribution in [0.3, 0.4) is 0 Å². The van der Waals surface area contributed by atoms with Gasteiger partial charge in [-0.3, -0.25) is 9.69 Å². The van der Waals surface area contributed by atoms with Crippen molar-refractivity contribution in [2.24, 2.45) is 0 Å². The number of rotatable bonds is 5. The van der Waals surface area contributed by atoms with Gasteiger partial charge >= 0.3 is 0 Å². The molecule has 0 atom stereocenters. The van der Waals surface area contributed by atoms with Gasteiger partial charge in [-0.25, -0.2) is 4.98 Å². The number of anilines is 2. The fourth-order valence-corrected chi connectivity index (χ4v) is 2.57. The molecule has 1 saturated carbocycles. The van der Waals surface area contributed by atoms with Crippen LogP contribution >= 0.6 is 0 Å². The Labute approximate surface area is 125 Å². The van der Waals surface area contributed by atoms with Gasteiger partial charge in [0.25, 0.3) is 0 Å². The highest BCUT2D eigenvalue weighted by Crippen LogP contribution is 2.19. The Bertz CT molecular complexity index is 477. The van der Waals surface area contributed by atoms with E-state index in [0.29, 0.717) is 18.2 Å². The number of nitrogen functional groups attached to an aromatic ring is 1. The van der Waals surface area contributed by atoms with Gasteiger partial charge in [0, 0.05) is 45.2 Å². The van der Waals surface area contributed by atoms with E-state index in [9.17, 15) is 4.79 Å². The van der Waals surface area contributed by atoms with Crippen molar-refractivity contribution in [2.45, 2.75) is 25.3 Å². The van der Waals surface area contributed by atoms with Crippen LogP contribution in [-0.4, -0.2) is 54.6 Å². The van der Waals surface area contributed by atoms with Gasteiger partial charge in [-0.15, -0.1) is 0 Å². The van der Waals surface area contributed by atoms with Crippen LogP contribution in [0.2, 0.25) is 0 Å². The summed E-state index contributed by atoms with van der Waals surface area (Å²) in [5, 5.41) is 3.04. The number of hydrogen-bond acceptors (Lipinski definition) is 5. The molecule has 21 heavy (non-hydrogen) atoms. The average Bonchev–Trinajstić information content (AvgIpc) is 3.30. The molecule has 2 heterocycles. The largest absolute Gasteiger partial charge is 0.397 e. The molecule has 2 fully saturated rings. The number of nitrogens with one attached hydrogen (secondary N) is 1. The molecule has 0 aromatic carbocycles. The Kier molecular flexibility index (Phi) is 4.24. The zero-order chi connectivity index (χ0) is 14.7. The van der Waals surface area contributed by atoms with Crippen LogP contribution in [0.15, 0.2) is 18.3 Å². The summed E-state index contributed by atoms with van der Waals surface area (Å²) in [6.45, 7) is 4.69. The number of carbonyl (C=O) groups excluding carboxylic acids is 1. The second-order valence-electron chi connectivity index (χ2n) is 5.87. The van der Waals surface area contributed by atoms with Crippen LogP contribution in [0, 0.1) is 0 Å². The minimum atomic E-state index is 0.195. The van der Waals surface area contributed by atoms with E-state index in [2.05, 4.69) is 20.1 Å². The van der Waals surface area contributed by atoms with Crippen LogP contribution in [-0.2, 0) is 4.79 Å². The van der Waals surface area contributed by atoms with Gasteiger partial charge in [-0.2, -0.15) is 0 Å². The fourth-order valence-electron chi connectivity index (χ4n) is 2.57. The molecular weight excluding hydrogens is 266 g/mol. The lowest BCUT2D eigenvalue weighted by Crippen LogP contribution is -2.47. The number of amides is 1. The van der Waals surface area contributed by atoms with E-state index in [-0.39, 0.29) is 5.91 Å². The molecule has 1 amide bonds. The first kappa shape index (κ1) is 14.1. The second kappa shape index (κ2) is 6.30. The van der Waals surface area contributed by atoms with E-state index in [4.69, 9.17) is 5.73 Å². The minimum Gasteiger partial charge on any atom is -0.397 e. The molecule has 0 radical (unpaired) electrons. The molecule has 0 bridgehead atoms. The van der Waals surface area contributed by atoms with E-state index in [1.165, 1.54) is 0 Å². The summed E-state index contributed by atoms with van der Waals surface area (Å²) < 4.78 is 0. The molecule has 3 N–H and O–H groups in total. The van der Waals surface area contributed by atoms with Crippen molar-refractivity contribution in [2.75, 3.05) is 43.4 Å². The third-order valence-electron chi connectivity index (χ3n) is 4.06. The van der Waals surface area contributed by atoms with Crippen molar-refractivity contribution < 1.29 is 4.79 Å². The van der Waals surface area contributed by atoms with Crippen LogP contribution < -0.4 is 16.0 Å². The molecule has 1 aromatic rings. The predicted molar refractivity (Wildman–Crippen MR) is 83.1 cm³/mol. The van der Waals surface area contributed by atoms with Crippen molar-refractivity contribution in [3.63, 3.8) is 0 Å². The maximum Gasteiger partial charge on any atom is 0.221 e. The molecule has 2 aliphatic rings. The summed E-state index contributed by atoms with van der Waals surface area (Å²) in [4.78, 5) is 20.7. The zero-order valence-corrected chi connectivity index (χ0v) is 12.3. The van der Waals surface area contributed by atoms with Gasteiger partial charge in [0.05, 0.1) is 11.9 Å². The molecule has 1 aliphatic heterocycles. The highest BCUT2D eigenvalue weighted by molar-refractivity contribution is 5.76. The fraction of sp³-hybridized carbons (Fsp3) is 0.600. The molecule has 1 aliphatic carbocycles. The summed E-state index contributed by atoms with van der Waals surface area (Å²) in [6.07, 6.45) is 4.61. The minimum absolute atomic E-state index is 0.195. The number of nitrogens with two attached hydrogens (primary N) is 1. The number of carbonyl (C=O) groups is 1. The first-order chi connectivity index (χ1) is 10.2. The standard InChI is InChI=1S/C15H23N5O/c16-12-1-4-14(17-11-12)20-9-7-19(8-10-20)6-5-15(21)18-13-2-3-13/h1,4,11,13H,2-3,5-10,16H2,(H,18,21). The molecule has 1 saturated heterocycles. The maximum atomic E-state index is 11.7. The van der Waals surface area contributed by atoms with Crippen LogP contribution in [0.4, 0.5) is 11.5 Å². The van der Waals surface area contributed by atoms with E-state index in [1.807, 2.05) is 12.1 Å². The summed E-state index contributed by atoms with van der Waals surface area (Å²) >= 11 is 0. The summed E-state index contributed by atoms with van der Waals surface area (Å²) in [5.74, 6) is 1.18. The van der Waals surface area contributed by atoms with Gasteiger partial charge < -0.3 is 16.0 Å². The quantitative estimate of drug-likeness (QED) is 0.823. The normalized spacial score (nSPS) is 19.5. The Hall–Kier alpha value is -1.82. The van der Waals surface area contributed by atoms with Crippen molar-refractivity contribution in [3.05, 3.63) is 18.3 Å². The molecule has 1 aromatic heterocycles. The molecular formula is C15H23N5O. The Morgan fingerprint density at radius 3 is 2.67 bits per heavy atom. The Morgan fingerprint density at radius 1 is 1.29 bits per heavy atom.